The summed E-state index contributed by atoms with van der Waals surface area (Å²) in [6, 6.07) is 0. The van der Waals surface area contributed by atoms with E-state index in [4.69, 9.17) is 0 Å². The molecule has 6 heteroatoms. The van der Waals surface area contributed by atoms with Crippen LogP contribution in [0.1, 0.15) is 54.4 Å². The van der Waals surface area contributed by atoms with E-state index in [1.54, 1.807) is 0 Å². The van der Waals surface area contributed by atoms with E-state index in [0.717, 1.165) is 18.7 Å². The van der Waals surface area contributed by atoms with Crippen molar-refractivity contribution in [2.75, 3.05) is 11.0 Å². The van der Waals surface area contributed by atoms with E-state index in [9.17, 15) is 4.79 Å². The molecule has 0 fully saturated rings. The van der Waals surface area contributed by atoms with E-state index in [1.807, 2.05) is 13.8 Å². The van der Waals surface area contributed by atoms with Gasteiger partial charge in [-0.05, 0) is 34.7 Å². The molecule has 0 unspecified atom stereocenters. The number of carbonyl (C=O) groups excluding carboxylic acids is 1. The van der Waals surface area contributed by atoms with E-state index in [0.29, 0.717) is 4.88 Å². The number of nitrogens with zero attached hydrogens (tertiary/aromatic N) is 2. The van der Waals surface area contributed by atoms with Gasteiger partial charge in [-0.2, -0.15) is 0 Å². The predicted molar refractivity (Wildman–Crippen MR) is 79.1 cm³/mol. The van der Waals surface area contributed by atoms with Gasteiger partial charge in [-0.25, -0.2) is 0 Å². The number of alkyl halides is 1. The molecule has 0 aliphatic heterocycles. The Bertz CT molecular complexity index is 354. The molecule has 0 bridgehead atoms. The summed E-state index contributed by atoms with van der Waals surface area (Å²) in [6.07, 6.45) is 3.43. The van der Waals surface area contributed by atoms with Crippen LogP contribution >= 0.6 is 34.1 Å². The highest BCUT2D eigenvalue weighted by atomic mass is 127. The second-order valence-electron chi connectivity index (χ2n) is 4.15. The molecule has 0 atom stereocenters. The lowest BCUT2D eigenvalue weighted by atomic mass is 10.1. The molecule has 1 heterocycles. The third kappa shape index (κ3) is 4.87. The summed E-state index contributed by atoms with van der Waals surface area (Å²) < 4.78 is 5.03. The normalized spacial score (nSPS) is 10.8. The number of nitrogens with one attached hydrogen (secondary N) is 1. The molecule has 1 aromatic heterocycles. The largest absolute Gasteiger partial charge is 0.351 e. The third-order valence-corrected chi connectivity index (χ3v) is 3.87. The first-order chi connectivity index (χ1) is 8.16. The van der Waals surface area contributed by atoms with Crippen molar-refractivity contribution >= 4 is 40.0 Å². The van der Waals surface area contributed by atoms with Gasteiger partial charge in [0.15, 0.2) is 0 Å². The maximum absolute atomic E-state index is 11.9. The van der Waals surface area contributed by atoms with Gasteiger partial charge in [0.2, 0.25) is 0 Å². The zero-order valence-electron chi connectivity index (χ0n) is 10.2. The molecule has 0 radical (unpaired) electrons. The molecule has 96 valence electrons. The second-order valence-corrected chi connectivity index (χ2v) is 5.98. The Labute approximate surface area is 120 Å². The summed E-state index contributed by atoms with van der Waals surface area (Å²) >= 11 is 3.55. The second kappa shape index (κ2) is 7.97. The van der Waals surface area contributed by atoms with E-state index >= 15 is 0 Å². The molecule has 1 N–H and O–H groups in total. The summed E-state index contributed by atoms with van der Waals surface area (Å²) in [5, 5.41) is 6.93. The highest BCUT2D eigenvalue weighted by molar-refractivity contribution is 14.1. The molecular formula is C11H18IN3OS. The molecule has 0 spiro atoms. The molecule has 0 saturated carbocycles. The van der Waals surface area contributed by atoms with Crippen LogP contribution in [-0.2, 0) is 0 Å². The molecule has 0 saturated heterocycles. The predicted octanol–water partition coefficient (Wildman–Crippen LogP) is 3.00. The number of halogens is 1. The Morgan fingerprint density at radius 1 is 1.41 bits per heavy atom. The fourth-order valence-electron chi connectivity index (χ4n) is 1.41. The smallest absolute Gasteiger partial charge is 0.264 e. The Morgan fingerprint density at radius 3 is 2.82 bits per heavy atom. The number of carbonyl (C=O) groups is 1. The summed E-state index contributed by atoms with van der Waals surface area (Å²) in [4.78, 5) is 12.5. The summed E-state index contributed by atoms with van der Waals surface area (Å²) in [5.41, 5.74) is 0.805. The van der Waals surface area contributed by atoms with Crippen LogP contribution in [0.2, 0.25) is 0 Å². The van der Waals surface area contributed by atoms with Crippen molar-refractivity contribution in [1.29, 1.82) is 0 Å². The van der Waals surface area contributed by atoms with Gasteiger partial charge in [0.05, 0.1) is 5.69 Å². The van der Waals surface area contributed by atoms with Gasteiger partial charge in [0.25, 0.3) is 5.91 Å². The average molecular weight is 367 g/mol. The Hall–Kier alpha value is -0.240. The molecule has 4 nitrogen and oxygen atoms in total. The number of amides is 1. The number of unbranched alkanes of at least 4 members (excludes halogenated alkanes) is 2. The van der Waals surface area contributed by atoms with Gasteiger partial charge in [-0.15, -0.1) is 5.10 Å². The Balaban J connectivity index is 2.39. The van der Waals surface area contributed by atoms with Crippen LogP contribution in [0.3, 0.4) is 0 Å². The maximum atomic E-state index is 11.9. The van der Waals surface area contributed by atoms with Crippen molar-refractivity contribution in [3.8, 4) is 0 Å². The van der Waals surface area contributed by atoms with Crippen molar-refractivity contribution in [2.45, 2.75) is 39.0 Å². The fourth-order valence-corrected chi connectivity index (χ4v) is 2.69. The summed E-state index contributed by atoms with van der Waals surface area (Å²) in [7, 11) is 0. The van der Waals surface area contributed by atoms with Gasteiger partial charge >= 0.3 is 0 Å². The van der Waals surface area contributed by atoms with E-state index in [1.165, 1.54) is 28.8 Å². The molecule has 17 heavy (non-hydrogen) atoms. The SMILES string of the molecule is CC(C)c1nnsc1C(=O)NCCCCCI. The topological polar surface area (TPSA) is 54.9 Å². The Morgan fingerprint density at radius 2 is 2.18 bits per heavy atom. The number of hydrogen-bond donors (Lipinski definition) is 1. The molecule has 0 aliphatic carbocycles. The van der Waals surface area contributed by atoms with Crippen LogP contribution in [-0.4, -0.2) is 26.5 Å². The van der Waals surface area contributed by atoms with Crippen molar-refractivity contribution in [3.05, 3.63) is 10.6 Å². The highest BCUT2D eigenvalue weighted by Crippen LogP contribution is 2.19. The van der Waals surface area contributed by atoms with Crippen LogP contribution in [0.4, 0.5) is 0 Å². The molecule has 1 aromatic rings. The van der Waals surface area contributed by atoms with Crippen LogP contribution in [0.5, 0.6) is 0 Å². The van der Waals surface area contributed by atoms with Gasteiger partial charge < -0.3 is 5.32 Å². The molecule has 0 aromatic carbocycles. The lowest BCUT2D eigenvalue weighted by Crippen LogP contribution is -2.24. The van der Waals surface area contributed by atoms with Crippen LogP contribution in [0.25, 0.3) is 0 Å². The van der Waals surface area contributed by atoms with Crippen LogP contribution < -0.4 is 5.32 Å². The zero-order valence-corrected chi connectivity index (χ0v) is 13.2. The lowest BCUT2D eigenvalue weighted by Gasteiger charge is -2.05. The maximum Gasteiger partial charge on any atom is 0.264 e. The highest BCUT2D eigenvalue weighted by Gasteiger charge is 2.17. The first-order valence-electron chi connectivity index (χ1n) is 5.83. The number of rotatable bonds is 7. The minimum atomic E-state index is -0.0295. The molecular weight excluding hydrogens is 349 g/mol. The summed E-state index contributed by atoms with van der Waals surface area (Å²) in [6.45, 7) is 4.78. The van der Waals surface area contributed by atoms with Crippen LogP contribution in [0, 0.1) is 0 Å². The van der Waals surface area contributed by atoms with Gasteiger partial charge in [0, 0.05) is 6.54 Å². The fraction of sp³-hybridized carbons (Fsp3) is 0.727. The van der Waals surface area contributed by atoms with Gasteiger partial charge in [0.1, 0.15) is 4.88 Å². The van der Waals surface area contributed by atoms with Crippen LogP contribution in [0.15, 0.2) is 0 Å². The van der Waals surface area contributed by atoms with Crippen molar-refractivity contribution in [2.24, 2.45) is 0 Å². The molecule has 1 rings (SSSR count). The lowest BCUT2D eigenvalue weighted by molar-refractivity contribution is 0.0955. The van der Waals surface area contributed by atoms with E-state index in [-0.39, 0.29) is 11.8 Å². The van der Waals surface area contributed by atoms with Gasteiger partial charge in [-0.1, -0.05) is 47.3 Å². The zero-order chi connectivity index (χ0) is 12.7. The van der Waals surface area contributed by atoms with E-state index in [2.05, 4.69) is 37.5 Å². The number of hydrogen-bond acceptors (Lipinski definition) is 4. The Kier molecular flexibility index (Phi) is 6.94. The van der Waals surface area contributed by atoms with Crippen molar-refractivity contribution < 1.29 is 4.79 Å². The number of aromatic nitrogens is 2. The third-order valence-electron chi connectivity index (χ3n) is 2.36. The van der Waals surface area contributed by atoms with E-state index < -0.39 is 0 Å². The first-order valence-corrected chi connectivity index (χ1v) is 8.13. The standard InChI is InChI=1S/C11H18IN3OS/c1-8(2)9-10(17-15-14-9)11(16)13-7-5-3-4-6-12/h8H,3-7H2,1-2H3,(H,13,16). The van der Waals surface area contributed by atoms with Crippen molar-refractivity contribution in [3.63, 3.8) is 0 Å². The minimum Gasteiger partial charge on any atom is -0.351 e. The minimum absolute atomic E-state index is 0.0295. The molecule has 1 amide bonds. The monoisotopic (exact) mass is 367 g/mol. The average Bonchev–Trinajstić information content (AvgIpc) is 2.77. The molecule has 0 aliphatic rings. The quantitative estimate of drug-likeness (QED) is 0.458. The van der Waals surface area contributed by atoms with Gasteiger partial charge in [-0.3, -0.25) is 4.79 Å². The van der Waals surface area contributed by atoms with Crippen molar-refractivity contribution in [1.82, 2.24) is 14.9 Å². The first kappa shape index (κ1) is 14.8. The summed E-state index contributed by atoms with van der Waals surface area (Å²) in [5.74, 6) is 0.215.